The molecule has 1 atom stereocenters. The molecule has 3 nitrogen and oxygen atoms in total. The van der Waals surface area contributed by atoms with Crippen LogP contribution in [0, 0.1) is 0 Å². The van der Waals surface area contributed by atoms with Crippen LogP contribution in [-0.2, 0) is 12.0 Å². The second kappa shape index (κ2) is 6.33. The normalized spacial score (nSPS) is 22.4. The molecule has 19 heavy (non-hydrogen) atoms. The molecule has 1 fully saturated rings. The van der Waals surface area contributed by atoms with Crippen molar-refractivity contribution in [3.63, 3.8) is 0 Å². The minimum atomic E-state index is 0.168. The van der Waals surface area contributed by atoms with Gasteiger partial charge in [0.25, 0.3) is 0 Å². The minimum absolute atomic E-state index is 0.168. The molecule has 1 aliphatic heterocycles. The van der Waals surface area contributed by atoms with Crippen LogP contribution in [0.2, 0.25) is 0 Å². The van der Waals surface area contributed by atoms with E-state index in [-0.39, 0.29) is 5.41 Å². The third-order valence-corrected chi connectivity index (χ3v) is 4.57. The molecule has 0 amide bonds. The third-order valence-electron chi connectivity index (χ3n) is 3.73. The van der Waals surface area contributed by atoms with E-state index >= 15 is 0 Å². The number of nitrogens with zero attached hydrogens (tertiary/aromatic N) is 2. The molecule has 4 heteroatoms. The molecule has 0 spiro atoms. The predicted octanol–water partition coefficient (Wildman–Crippen LogP) is 3.01. The summed E-state index contributed by atoms with van der Waals surface area (Å²) in [7, 11) is 0. The molecule has 2 heterocycles. The summed E-state index contributed by atoms with van der Waals surface area (Å²) in [6.07, 6.45) is 2.45. The van der Waals surface area contributed by atoms with Crippen molar-refractivity contribution in [3.05, 3.63) is 16.1 Å². The molecule has 1 saturated heterocycles. The van der Waals surface area contributed by atoms with Gasteiger partial charge in [-0.15, -0.1) is 11.3 Å². The first-order valence-corrected chi connectivity index (χ1v) is 8.27. The molecule has 1 aromatic heterocycles. The topological polar surface area (TPSA) is 28.2 Å². The average Bonchev–Trinajstić information content (AvgIpc) is 2.69. The molecular formula is C15H27N3S. The van der Waals surface area contributed by atoms with Gasteiger partial charge in [0.15, 0.2) is 0 Å². The second-order valence-corrected chi connectivity index (χ2v) is 7.47. The minimum Gasteiger partial charge on any atom is -0.313 e. The van der Waals surface area contributed by atoms with Crippen LogP contribution in [0.3, 0.4) is 0 Å². The van der Waals surface area contributed by atoms with E-state index in [2.05, 4.69) is 43.3 Å². The van der Waals surface area contributed by atoms with Gasteiger partial charge in [-0.2, -0.15) is 0 Å². The van der Waals surface area contributed by atoms with Crippen molar-refractivity contribution in [3.8, 4) is 0 Å². The molecular weight excluding hydrogens is 254 g/mol. The maximum atomic E-state index is 4.81. The Kier molecular flexibility index (Phi) is 4.98. The zero-order valence-corrected chi connectivity index (χ0v) is 13.5. The summed E-state index contributed by atoms with van der Waals surface area (Å²) in [6.45, 7) is 13.5. The summed E-state index contributed by atoms with van der Waals surface area (Å²) in [5.41, 5.74) is 1.40. The van der Waals surface area contributed by atoms with Gasteiger partial charge < -0.3 is 5.32 Å². The van der Waals surface area contributed by atoms with E-state index in [1.165, 1.54) is 30.1 Å². The van der Waals surface area contributed by atoms with Gasteiger partial charge in [-0.05, 0) is 25.9 Å². The molecule has 1 aliphatic rings. The van der Waals surface area contributed by atoms with Crippen LogP contribution >= 0.6 is 11.3 Å². The zero-order chi connectivity index (χ0) is 13.9. The van der Waals surface area contributed by atoms with Crippen molar-refractivity contribution in [2.45, 2.75) is 58.5 Å². The fourth-order valence-corrected chi connectivity index (χ4v) is 3.47. The first kappa shape index (κ1) is 14.9. The number of hydrogen-bond donors (Lipinski definition) is 1. The van der Waals surface area contributed by atoms with Crippen LogP contribution in [0.1, 0.15) is 51.2 Å². The Morgan fingerprint density at radius 2 is 2.26 bits per heavy atom. The van der Waals surface area contributed by atoms with Crippen LogP contribution in [0.5, 0.6) is 0 Å². The van der Waals surface area contributed by atoms with Gasteiger partial charge >= 0.3 is 0 Å². The number of rotatable bonds is 3. The highest BCUT2D eigenvalue weighted by Crippen LogP contribution is 2.24. The molecule has 1 unspecified atom stereocenters. The lowest BCUT2D eigenvalue weighted by Gasteiger charge is -2.22. The largest absolute Gasteiger partial charge is 0.313 e. The van der Waals surface area contributed by atoms with E-state index < -0.39 is 0 Å². The smallest absolute Gasteiger partial charge is 0.107 e. The van der Waals surface area contributed by atoms with Crippen LogP contribution in [0.25, 0.3) is 0 Å². The van der Waals surface area contributed by atoms with E-state index in [0.29, 0.717) is 6.04 Å². The molecule has 0 bridgehead atoms. The fourth-order valence-electron chi connectivity index (χ4n) is 2.41. The average molecular weight is 281 g/mol. The van der Waals surface area contributed by atoms with Gasteiger partial charge in [-0.3, -0.25) is 4.90 Å². The summed E-state index contributed by atoms with van der Waals surface area (Å²) >= 11 is 1.81. The maximum absolute atomic E-state index is 4.81. The van der Waals surface area contributed by atoms with E-state index in [9.17, 15) is 0 Å². The van der Waals surface area contributed by atoms with Crippen LogP contribution in [-0.4, -0.2) is 35.6 Å². The van der Waals surface area contributed by atoms with Gasteiger partial charge in [-0.25, -0.2) is 4.98 Å². The highest BCUT2D eigenvalue weighted by molar-refractivity contribution is 7.09. The van der Waals surface area contributed by atoms with Crippen molar-refractivity contribution >= 4 is 11.3 Å². The lowest BCUT2D eigenvalue weighted by atomic mass is 9.93. The number of nitrogens with one attached hydrogen (secondary N) is 1. The van der Waals surface area contributed by atoms with E-state index in [0.717, 1.165) is 19.6 Å². The van der Waals surface area contributed by atoms with Crippen molar-refractivity contribution in [1.29, 1.82) is 0 Å². The Bertz CT molecular complexity index is 394. The lowest BCUT2D eigenvalue weighted by Crippen LogP contribution is -2.36. The van der Waals surface area contributed by atoms with Crippen LogP contribution in [0.4, 0.5) is 0 Å². The summed E-state index contributed by atoms with van der Waals surface area (Å²) in [5, 5.41) is 7.11. The Morgan fingerprint density at radius 1 is 1.47 bits per heavy atom. The van der Waals surface area contributed by atoms with Gasteiger partial charge in [0, 0.05) is 23.4 Å². The van der Waals surface area contributed by atoms with Gasteiger partial charge in [0.2, 0.25) is 0 Å². The zero-order valence-electron chi connectivity index (χ0n) is 12.7. The van der Waals surface area contributed by atoms with E-state index in [4.69, 9.17) is 4.98 Å². The molecule has 1 N–H and O–H groups in total. The van der Waals surface area contributed by atoms with Crippen molar-refractivity contribution in [2.75, 3.05) is 19.6 Å². The number of thiazole rings is 1. The summed E-state index contributed by atoms with van der Waals surface area (Å²) in [6, 6.07) is 0.643. The van der Waals surface area contributed by atoms with E-state index in [1.807, 2.05) is 11.3 Å². The Morgan fingerprint density at radius 3 is 2.89 bits per heavy atom. The Labute approximate surface area is 121 Å². The van der Waals surface area contributed by atoms with Crippen LogP contribution in [0.15, 0.2) is 5.38 Å². The highest BCUT2D eigenvalue weighted by Gasteiger charge is 2.20. The fraction of sp³-hybridized carbons (Fsp3) is 0.800. The quantitative estimate of drug-likeness (QED) is 0.923. The highest BCUT2D eigenvalue weighted by atomic mass is 32.1. The molecule has 1 aromatic rings. The first-order valence-electron chi connectivity index (χ1n) is 7.39. The molecule has 0 aliphatic carbocycles. The van der Waals surface area contributed by atoms with Gasteiger partial charge in [0.1, 0.15) is 5.01 Å². The summed E-state index contributed by atoms with van der Waals surface area (Å²) in [5.74, 6) is 0. The first-order chi connectivity index (χ1) is 8.99. The Balaban J connectivity index is 1.98. The number of hydrogen-bond acceptors (Lipinski definition) is 4. The molecule has 108 valence electrons. The monoisotopic (exact) mass is 281 g/mol. The van der Waals surface area contributed by atoms with E-state index in [1.54, 1.807) is 0 Å². The maximum Gasteiger partial charge on any atom is 0.107 e. The Hall–Kier alpha value is -0.450. The molecule has 0 radical (unpaired) electrons. The lowest BCUT2D eigenvalue weighted by molar-refractivity contribution is 0.257. The molecule has 0 aromatic carbocycles. The van der Waals surface area contributed by atoms with Crippen molar-refractivity contribution < 1.29 is 0 Å². The molecule has 0 saturated carbocycles. The van der Waals surface area contributed by atoms with Crippen LogP contribution < -0.4 is 5.32 Å². The predicted molar refractivity (Wildman–Crippen MR) is 82.8 cm³/mol. The third kappa shape index (κ3) is 4.26. The summed E-state index contributed by atoms with van der Waals surface area (Å²) in [4.78, 5) is 7.37. The second-order valence-electron chi connectivity index (χ2n) is 6.52. The SMILES string of the molecule is CCC1CN(Cc2nc(C(C)(C)C)cs2)CCCN1. The standard InChI is InChI=1S/C15H27N3S/c1-5-12-9-18(8-6-7-16-12)10-14-17-13(11-19-14)15(2,3)4/h11-12,16H,5-10H2,1-4H3. The molecule has 2 rings (SSSR count). The number of aromatic nitrogens is 1. The van der Waals surface area contributed by atoms with Gasteiger partial charge in [-0.1, -0.05) is 27.7 Å². The van der Waals surface area contributed by atoms with Crippen molar-refractivity contribution in [2.24, 2.45) is 0 Å². The van der Waals surface area contributed by atoms with Crippen molar-refractivity contribution in [1.82, 2.24) is 15.2 Å². The summed E-state index contributed by atoms with van der Waals surface area (Å²) < 4.78 is 0. The van der Waals surface area contributed by atoms with Gasteiger partial charge in [0.05, 0.1) is 12.2 Å².